The Morgan fingerprint density at radius 1 is 1.03 bits per heavy atom. The van der Waals surface area contributed by atoms with Crippen molar-refractivity contribution in [2.24, 2.45) is 5.92 Å². The normalized spacial score (nSPS) is 18.4. The molecule has 3 heterocycles. The first-order valence-corrected chi connectivity index (χ1v) is 12.0. The average molecular weight is 491 g/mol. The molecule has 1 aromatic heterocycles. The van der Waals surface area contributed by atoms with Gasteiger partial charge in [-0.1, -0.05) is 18.2 Å². The topological polar surface area (TPSA) is 77.2 Å². The third kappa shape index (κ3) is 4.16. The summed E-state index contributed by atoms with van der Waals surface area (Å²) in [6, 6.07) is 8.67. The van der Waals surface area contributed by atoms with Gasteiger partial charge >= 0.3 is 0 Å². The molecule has 0 saturated heterocycles. The van der Waals surface area contributed by atoms with Gasteiger partial charge in [-0.3, -0.25) is 9.59 Å². The molecule has 1 unspecified atom stereocenters. The van der Waals surface area contributed by atoms with Crippen molar-refractivity contribution < 1.29 is 18.4 Å². The number of ketones is 1. The van der Waals surface area contributed by atoms with Crippen LogP contribution >= 0.6 is 0 Å². The summed E-state index contributed by atoms with van der Waals surface area (Å²) in [5.41, 5.74) is 4.14. The number of carbonyl (C=O) groups is 2. The number of rotatable bonds is 5. The molecule has 186 valence electrons. The van der Waals surface area contributed by atoms with Gasteiger partial charge in [0.15, 0.2) is 5.78 Å². The summed E-state index contributed by atoms with van der Waals surface area (Å²) in [7, 11) is 3.97. The lowest BCUT2D eigenvalue weighted by molar-refractivity contribution is -0.110. The zero-order chi connectivity index (χ0) is 25.6. The number of nitrogens with zero attached hydrogens (tertiary/aromatic N) is 1. The van der Waals surface area contributed by atoms with E-state index in [-0.39, 0.29) is 28.7 Å². The monoisotopic (exact) mass is 490 g/mol. The molecular weight excluding hydrogens is 462 g/mol. The quantitative estimate of drug-likeness (QED) is 0.457. The average Bonchev–Trinajstić information content (AvgIpc) is 3.25. The van der Waals surface area contributed by atoms with Crippen LogP contribution in [0.2, 0.25) is 0 Å². The van der Waals surface area contributed by atoms with Gasteiger partial charge in [0.1, 0.15) is 11.6 Å². The van der Waals surface area contributed by atoms with E-state index in [1.807, 2.05) is 21.0 Å². The second-order valence-corrected chi connectivity index (χ2v) is 9.64. The number of benzene rings is 2. The molecule has 8 heteroatoms. The molecule has 0 radical (unpaired) electrons. The van der Waals surface area contributed by atoms with E-state index < -0.39 is 11.6 Å². The minimum absolute atomic E-state index is 0.0839. The number of hydrogen-bond acceptors (Lipinski definition) is 4. The van der Waals surface area contributed by atoms with E-state index in [9.17, 15) is 18.4 Å². The molecule has 2 aromatic carbocycles. The molecule has 0 aliphatic carbocycles. The fourth-order valence-electron chi connectivity index (χ4n) is 5.10. The first kappa shape index (κ1) is 24.1. The lowest BCUT2D eigenvalue weighted by atomic mass is 9.92. The van der Waals surface area contributed by atoms with Crippen LogP contribution in [-0.4, -0.2) is 48.8 Å². The fourth-order valence-corrected chi connectivity index (χ4v) is 5.10. The highest BCUT2D eigenvalue weighted by atomic mass is 19.1. The summed E-state index contributed by atoms with van der Waals surface area (Å²) in [6.45, 7) is 3.79. The van der Waals surface area contributed by atoms with Crippen LogP contribution in [0.3, 0.4) is 0 Å². The van der Waals surface area contributed by atoms with E-state index >= 15 is 0 Å². The molecular formula is C28H28F2N4O2. The zero-order valence-corrected chi connectivity index (χ0v) is 20.5. The Kier molecular flexibility index (Phi) is 6.32. The molecule has 1 atom stereocenters. The standard InChI is InChI=1S/C28H28F2N4O2/c1-15-22(32-23-14-31-13-16(10-11-34(2)3)27(35)24(15)23)12-18-25-17(6-4-9-21(25)33-28(18)36)26-19(29)7-5-8-20(26)30/h4-9,12,16,31-32H,10-11,13-14H2,1-3H3,(H,33,36)/b18-12-. The van der Waals surface area contributed by atoms with Gasteiger partial charge in [0.05, 0.1) is 11.1 Å². The van der Waals surface area contributed by atoms with E-state index in [0.29, 0.717) is 41.2 Å². The number of amides is 1. The van der Waals surface area contributed by atoms with Crippen molar-refractivity contribution in [3.8, 4) is 11.1 Å². The first-order valence-electron chi connectivity index (χ1n) is 12.0. The molecule has 0 fully saturated rings. The summed E-state index contributed by atoms with van der Waals surface area (Å²) >= 11 is 0. The van der Waals surface area contributed by atoms with Crippen molar-refractivity contribution in [3.63, 3.8) is 0 Å². The molecule has 0 bridgehead atoms. The third-order valence-electron chi connectivity index (χ3n) is 6.95. The molecule has 36 heavy (non-hydrogen) atoms. The highest BCUT2D eigenvalue weighted by Gasteiger charge is 2.32. The number of aromatic amines is 1. The molecule has 0 spiro atoms. The zero-order valence-electron chi connectivity index (χ0n) is 20.5. The van der Waals surface area contributed by atoms with Crippen LogP contribution in [0.15, 0.2) is 36.4 Å². The molecule has 2 aliphatic rings. The Morgan fingerprint density at radius 2 is 1.75 bits per heavy atom. The molecule has 1 amide bonds. The lowest BCUT2D eigenvalue weighted by Crippen LogP contribution is -2.28. The molecule has 3 N–H and O–H groups in total. The minimum atomic E-state index is -0.703. The highest BCUT2D eigenvalue weighted by Crippen LogP contribution is 2.42. The van der Waals surface area contributed by atoms with Crippen molar-refractivity contribution in [1.29, 1.82) is 0 Å². The second kappa shape index (κ2) is 9.44. The van der Waals surface area contributed by atoms with Crippen LogP contribution in [0.25, 0.3) is 22.8 Å². The van der Waals surface area contributed by atoms with Gasteiger partial charge in [0.2, 0.25) is 0 Å². The van der Waals surface area contributed by atoms with Gasteiger partial charge in [0.25, 0.3) is 5.91 Å². The van der Waals surface area contributed by atoms with Crippen molar-refractivity contribution >= 4 is 29.0 Å². The van der Waals surface area contributed by atoms with E-state index in [4.69, 9.17) is 0 Å². The molecule has 3 aromatic rings. The van der Waals surface area contributed by atoms with Crippen LogP contribution in [0.4, 0.5) is 14.5 Å². The maximum absolute atomic E-state index is 14.7. The number of halogens is 2. The molecule has 2 aliphatic heterocycles. The molecule has 0 saturated carbocycles. The highest BCUT2D eigenvalue weighted by molar-refractivity contribution is 6.36. The van der Waals surface area contributed by atoms with Gasteiger partial charge in [-0.25, -0.2) is 8.78 Å². The number of anilines is 1. The Balaban J connectivity index is 1.59. The largest absolute Gasteiger partial charge is 0.357 e. The number of nitrogens with one attached hydrogen (secondary N) is 3. The summed E-state index contributed by atoms with van der Waals surface area (Å²) in [6.07, 6.45) is 2.42. The molecule has 5 rings (SSSR count). The Morgan fingerprint density at radius 3 is 2.47 bits per heavy atom. The summed E-state index contributed by atoms with van der Waals surface area (Å²) in [4.78, 5) is 31.8. The second-order valence-electron chi connectivity index (χ2n) is 9.64. The number of Topliss-reactive ketones (excluding diaryl/α,β-unsaturated/α-hetero) is 1. The predicted octanol–water partition coefficient (Wildman–Crippen LogP) is 4.61. The number of fused-ring (bicyclic) bond motifs is 2. The lowest BCUT2D eigenvalue weighted by Gasteiger charge is -2.16. The smallest absolute Gasteiger partial charge is 0.256 e. The summed E-state index contributed by atoms with van der Waals surface area (Å²) in [5, 5.41) is 6.16. The van der Waals surface area contributed by atoms with Gasteiger partial charge in [-0.2, -0.15) is 0 Å². The Bertz CT molecular complexity index is 1390. The number of aromatic nitrogens is 1. The minimum Gasteiger partial charge on any atom is -0.357 e. The van der Waals surface area contributed by atoms with E-state index in [0.717, 1.165) is 24.2 Å². The van der Waals surface area contributed by atoms with Gasteiger partial charge in [-0.15, -0.1) is 0 Å². The van der Waals surface area contributed by atoms with Crippen molar-refractivity contribution in [2.75, 3.05) is 32.5 Å². The van der Waals surface area contributed by atoms with Gasteiger partial charge in [-0.05, 0) is 69.4 Å². The SMILES string of the molecule is Cc1c(/C=C2\C(=O)Nc3cccc(-c4c(F)cccc4F)c32)[nH]c2c1C(=O)C(CCN(C)C)CNC2. The van der Waals surface area contributed by atoms with Crippen LogP contribution in [0.1, 0.15) is 39.3 Å². The van der Waals surface area contributed by atoms with Gasteiger partial charge < -0.3 is 20.5 Å². The van der Waals surface area contributed by atoms with Crippen LogP contribution in [0.5, 0.6) is 0 Å². The number of H-pyrrole nitrogens is 1. The summed E-state index contributed by atoms with van der Waals surface area (Å²) in [5.74, 6) is -1.84. The van der Waals surface area contributed by atoms with E-state index in [2.05, 4.69) is 20.5 Å². The fraction of sp³-hybridized carbons (Fsp3) is 0.286. The van der Waals surface area contributed by atoms with Crippen LogP contribution < -0.4 is 10.6 Å². The van der Waals surface area contributed by atoms with Crippen molar-refractivity contribution in [2.45, 2.75) is 19.9 Å². The predicted molar refractivity (Wildman–Crippen MR) is 137 cm³/mol. The number of hydrogen-bond donors (Lipinski definition) is 3. The van der Waals surface area contributed by atoms with Crippen LogP contribution in [0, 0.1) is 24.5 Å². The summed E-state index contributed by atoms with van der Waals surface area (Å²) < 4.78 is 29.4. The maximum atomic E-state index is 14.7. The van der Waals surface area contributed by atoms with Gasteiger partial charge in [0, 0.05) is 47.2 Å². The van der Waals surface area contributed by atoms with E-state index in [1.165, 1.54) is 18.2 Å². The van der Waals surface area contributed by atoms with E-state index in [1.54, 1.807) is 24.3 Å². The van der Waals surface area contributed by atoms with Crippen molar-refractivity contribution in [3.05, 3.63) is 76.1 Å². The Labute approximate surface area is 208 Å². The van der Waals surface area contributed by atoms with Crippen molar-refractivity contribution in [1.82, 2.24) is 15.2 Å². The maximum Gasteiger partial charge on any atom is 0.256 e. The number of carbonyl (C=O) groups excluding carboxylic acids is 2. The third-order valence-corrected chi connectivity index (χ3v) is 6.95. The first-order chi connectivity index (χ1) is 17.3. The van der Waals surface area contributed by atoms with Crippen LogP contribution in [-0.2, 0) is 11.3 Å². The Hall–Kier alpha value is -3.62. The molecule has 6 nitrogen and oxygen atoms in total.